The van der Waals surface area contributed by atoms with Gasteiger partial charge in [0, 0.05) is 5.56 Å². The van der Waals surface area contributed by atoms with Crippen LogP contribution in [0.1, 0.15) is 31.9 Å². The maximum absolute atomic E-state index is 5.55. The number of rotatable bonds is 2. The van der Waals surface area contributed by atoms with Gasteiger partial charge in [-0.1, -0.05) is 31.9 Å². The maximum Gasteiger partial charge on any atom is 0.313 e. The number of aryl methyl sites for hydroxylation is 1. The van der Waals surface area contributed by atoms with Crippen LogP contribution in [0.15, 0.2) is 16.5 Å². The quantitative estimate of drug-likeness (QED) is 0.899. The van der Waals surface area contributed by atoms with Gasteiger partial charge in [-0.3, -0.25) is 0 Å². The van der Waals surface area contributed by atoms with Gasteiger partial charge in [-0.05, 0) is 24.0 Å². The molecular formula is C14H19N3O2. The molecule has 102 valence electrons. The zero-order valence-electron chi connectivity index (χ0n) is 11.9. The lowest BCUT2D eigenvalue weighted by Gasteiger charge is -2.24. The maximum atomic E-state index is 5.55. The summed E-state index contributed by atoms with van der Waals surface area (Å²) in [6, 6.07) is 4.12. The molecule has 0 fully saturated rings. The van der Waals surface area contributed by atoms with Gasteiger partial charge >= 0.3 is 6.01 Å². The minimum Gasteiger partial charge on any atom is -0.496 e. The minimum absolute atomic E-state index is 0.0440. The lowest BCUT2D eigenvalue weighted by atomic mass is 9.84. The molecule has 0 bridgehead atoms. The van der Waals surface area contributed by atoms with Gasteiger partial charge in [-0.15, -0.1) is 5.10 Å². The molecule has 0 atom stereocenters. The van der Waals surface area contributed by atoms with Crippen molar-refractivity contribution in [2.75, 3.05) is 12.8 Å². The normalized spacial score (nSPS) is 11.6. The first kappa shape index (κ1) is 13.4. The van der Waals surface area contributed by atoms with Crippen molar-refractivity contribution in [3.05, 3.63) is 23.3 Å². The van der Waals surface area contributed by atoms with Gasteiger partial charge in [-0.2, -0.15) is 0 Å². The molecule has 1 aromatic heterocycles. The van der Waals surface area contributed by atoms with Gasteiger partial charge in [0.25, 0.3) is 5.89 Å². The highest BCUT2D eigenvalue weighted by molar-refractivity contribution is 5.68. The number of aromatic nitrogens is 2. The Hall–Kier alpha value is -2.04. The van der Waals surface area contributed by atoms with Crippen LogP contribution >= 0.6 is 0 Å². The first-order chi connectivity index (χ1) is 8.82. The highest BCUT2D eigenvalue weighted by atomic mass is 16.5. The Morgan fingerprint density at radius 2 is 1.89 bits per heavy atom. The molecule has 19 heavy (non-hydrogen) atoms. The zero-order chi connectivity index (χ0) is 14.2. The topological polar surface area (TPSA) is 74.2 Å². The molecular weight excluding hydrogens is 242 g/mol. The molecule has 0 aliphatic carbocycles. The van der Waals surface area contributed by atoms with Gasteiger partial charge in [0.15, 0.2) is 0 Å². The fourth-order valence-corrected chi connectivity index (χ4v) is 2.05. The second kappa shape index (κ2) is 4.57. The summed E-state index contributed by atoms with van der Waals surface area (Å²) in [5, 5.41) is 7.63. The number of ether oxygens (including phenoxy) is 1. The third-order valence-electron chi connectivity index (χ3n) is 2.92. The summed E-state index contributed by atoms with van der Waals surface area (Å²) >= 11 is 0. The Morgan fingerprint density at radius 1 is 1.21 bits per heavy atom. The van der Waals surface area contributed by atoms with E-state index in [1.165, 1.54) is 0 Å². The number of anilines is 1. The van der Waals surface area contributed by atoms with Crippen molar-refractivity contribution in [2.45, 2.75) is 33.1 Å². The number of nitrogens with two attached hydrogens (primary N) is 1. The van der Waals surface area contributed by atoms with Crippen molar-refractivity contribution in [1.29, 1.82) is 0 Å². The van der Waals surface area contributed by atoms with Gasteiger partial charge < -0.3 is 14.9 Å². The van der Waals surface area contributed by atoms with Crippen molar-refractivity contribution in [1.82, 2.24) is 10.2 Å². The molecule has 1 heterocycles. The van der Waals surface area contributed by atoms with E-state index < -0.39 is 0 Å². The number of benzene rings is 1. The predicted molar refractivity (Wildman–Crippen MR) is 74.1 cm³/mol. The van der Waals surface area contributed by atoms with Crippen molar-refractivity contribution in [3.8, 4) is 17.2 Å². The van der Waals surface area contributed by atoms with Crippen molar-refractivity contribution in [3.63, 3.8) is 0 Å². The van der Waals surface area contributed by atoms with Gasteiger partial charge in [-0.25, -0.2) is 0 Å². The van der Waals surface area contributed by atoms with Crippen LogP contribution in [-0.2, 0) is 5.41 Å². The third kappa shape index (κ3) is 2.54. The first-order valence-corrected chi connectivity index (χ1v) is 6.11. The molecule has 2 N–H and O–H groups in total. The van der Waals surface area contributed by atoms with Gasteiger partial charge in [0.1, 0.15) is 5.75 Å². The summed E-state index contributed by atoms with van der Waals surface area (Å²) < 4.78 is 10.9. The fraction of sp³-hybridized carbons (Fsp3) is 0.429. The monoisotopic (exact) mass is 261 g/mol. The Labute approximate surface area is 112 Å². The van der Waals surface area contributed by atoms with E-state index in [0.29, 0.717) is 5.89 Å². The van der Waals surface area contributed by atoms with Crippen molar-refractivity contribution < 1.29 is 9.15 Å². The Kier molecular flexibility index (Phi) is 3.22. The molecule has 0 aliphatic rings. The molecule has 0 saturated carbocycles. The lowest BCUT2D eigenvalue weighted by Crippen LogP contribution is -2.13. The van der Waals surface area contributed by atoms with E-state index >= 15 is 0 Å². The molecule has 5 heteroatoms. The van der Waals surface area contributed by atoms with Crippen molar-refractivity contribution >= 4 is 6.01 Å². The largest absolute Gasteiger partial charge is 0.496 e. The molecule has 0 radical (unpaired) electrons. The van der Waals surface area contributed by atoms with E-state index in [1.54, 1.807) is 7.11 Å². The zero-order valence-corrected chi connectivity index (χ0v) is 11.9. The summed E-state index contributed by atoms with van der Waals surface area (Å²) in [7, 11) is 1.64. The molecule has 0 saturated heterocycles. The van der Waals surface area contributed by atoms with Crippen LogP contribution in [-0.4, -0.2) is 17.3 Å². The van der Waals surface area contributed by atoms with E-state index in [9.17, 15) is 0 Å². The van der Waals surface area contributed by atoms with Crippen LogP contribution < -0.4 is 10.5 Å². The van der Waals surface area contributed by atoms with Gasteiger partial charge in [0.05, 0.1) is 12.7 Å². The second-order valence-electron chi connectivity index (χ2n) is 5.59. The van der Waals surface area contributed by atoms with Crippen LogP contribution in [0.25, 0.3) is 11.5 Å². The molecule has 0 aliphatic heterocycles. The third-order valence-corrected chi connectivity index (χ3v) is 2.92. The lowest BCUT2D eigenvalue weighted by molar-refractivity contribution is 0.397. The number of hydrogen-bond acceptors (Lipinski definition) is 5. The predicted octanol–water partition coefficient (Wildman–Crippen LogP) is 2.93. The molecule has 0 amide bonds. The Bertz CT molecular complexity index is 597. The number of nitrogens with zero attached hydrogens (tertiary/aromatic N) is 2. The summed E-state index contributed by atoms with van der Waals surface area (Å²) in [4.78, 5) is 0. The highest BCUT2D eigenvalue weighted by Gasteiger charge is 2.24. The smallest absolute Gasteiger partial charge is 0.313 e. The molecule has 5 nitrogen and oxygen atoms in total. The average molecular weight is 261 g/mol. The molecule has 0 unspecified atom stereocenters. The van der Waals surface area contributed by atoms with E-state index in [2.05, 4.69) is 37.0 Å². The molecule has 0 spiro atoms. The second-order valence-corrected chi connectivity index (χ2v) is 5.59. The number of methoxy groups -OCH3 is 1. The molecule has 2 aromatic rings. The van der Waals surface area contributed by atoms with Crippen LogP contribution in [0.5, 0.6) is 5.75 Å². The Morgan fingerprint density at radius 3 is 2.37 bits per heavy atom. The number of nitrogen functional groups attached to an aromatic ring is 1. The summed E-state index contributed by atoms with van der Waals surface area (Å²) in [5.41, 5.74) is 8.43. The standard InChI is InChI=1S/C14H19N3O2/c1-8-6-9(12-16-17-13(15)19-12)11(18-5)10(7-8)14(2,3)4/h6-7H,1-5H3,(H2,15,17). The van der Waals surface area contributed by atoms with E-state index in [4.69, 9.17) is 14.9 Å². The van der Waals surface area contributed by atoms with E-state index in [0.717, 1.165) is 22.4 Å². The van der Waals surface area contributed by atoms with Crippen LogP contribution in [0.2, 0.25) is 0 Å². The summed E-state index contributed by atoms with van der Waals surface area (Å²) in [6.07, 6.45) is 0. The summed E-state index contributed by atoms with van der Waals surface area (Å²) in [6.45, 7) is 8.43. The van der Waals surface area contributed by atoms with Gasteiger partial charge in [0.2, 0.25) is 0 Å². The highest BCUT2D eigenvalue weighted by Crippen LogP contribution is 2.39. The van der Waals surface area contributed by atoms with Crippen LogP contribution in [0, 0.1) is 6.92 Å². The van der Waals surface area contributed by atoms with Crippen molar-refractivity contribution in [2.24, 2.45) is 0 Å². The van der Waals surface area contributed by atoms with Crippen LogP contribution in [0.3, 0.4) is 0 Å². The average Bonchev–Trinajstić information content (AvgIpc) is 2.73. The summed E-state index contributed by atoms with van der Waals surface area (Å²) in [5.74, 6) is 1.13. The first-order valence-electron chi connectivity index (χ1n) is 6.11. The minimum atomic E-state index is -0.0440. The molecule has 1 aromatic carbocycles. The van der Waals surface area contributed by atoms with E-state index in [1.807, 2.05) is 13.0 Å². The van der Waals surface area contributed by atoms with E-state index in [-0.39, 0.29) is 11.4 Å². The fourth-order valence-electron chi connectivity index (χ4n) is 2.05. The SMILES string of the molecule is COc1c(-c2nnc(N)o2)cc(C)cc1C(C)(C)C. The number of hydrogen-bond donors (Lipinski definition) is 1. The van der Waals surface area contributed by atoms with Crippen LogP contribution in [0.4, 0.5) is 6.01 Å². The Balaban J connectivity index is 2.70. The molecule has 2 rings (SSSR count).